The molecule has 0 aliphatic carbocycles. The van der Waals surface area contributed by atoms with E-state index in [0.717, 1.165) is 0 Å². The van der Waals surface area contributed by atoms with Crippen LogP contribution in [-0.4, -0.2) is 69.7 Å². The van der Waals surface area contributed by atoms with Crippen LogP contribution in [0.25, 0.3) is 0 Å². The lowest BCUT2D eigenvalue weighted by molar-refractivity contribution is -0.128. The van der Waals surface area contributed by atoms with Crippen molar-refractivity contribution in [3.63, 3.8) is 0 Å². The van der Waals surface area contributed by atoms with Crippen LogP contribution in [0, 0.1) is 0 Å². The van der Waals surface area contributed by atoms with Crippen LogP contribution in [0.15, 0.2) is 0 Å². The predicted molar refractivity (Wildman–Crippen MR) is 65.6 cm³/mol. The molecule has 18 heavy (non-hydrogen) atoms. The zero-order chi connectivity index (χ0) is 13.0. The Balaban J connectivity index is 1.76. The number of sulfone groups is 1. The van der Waals surface area contributed by atoms with E-state index >= 15 is 0 Å². The van der Waals surface area contributed by atoms with Gasteiger partial charge in [0.1, 0.15) is 0 Å². The maximum Gasteiger partial charge on any atom is 0.235 e. The van der Waals surface area contributed by atoms with Crippen molar-refractivity contribution >= 4 is 15.7 Å². The lowest BCUT2D eigenvalue weighted by Gasteiger charge is -2.28. The summed E-state index contributed by atoms with van der Waals surface area (Å²) in [6, 6.07) is -0.273. The van der Waals surface area contributed by atoms with Gasteiger partial charge in [0.15, 0.2) is 9.84 Å². The maximum absolute atomic E-state index is 11.8. The monoisotopic (exact) mass is 277 g/mol. The van der Waals surface area contributed by atoms with E-state index in [9.17, 15) is 13.2 Å². The minimum atomic E-state index is -2.99. The van der Waals surface area contributed by atoms with Crippen molar-refractivity contribution in [2.24, 2.45) is 0 Å². The van der Waals surface area contributed by atoms with Gasteiger partial charge in [-0.25, -0.2) is 13.4 Å². The van der Waals surface area contributed by atoms with Crippen molar-refractivity contribution in [3.05, 3.63) is 0 Å². The Morgan fingerprint density at radius 2 is 2.11 bits per heavy atom. The number of hydrazine groups is 1. The van der Waals surface area contributed by atoms with E-state index in [1.807, 2.05) is 5.01 Å². The molecule has 104 valence electrons. The van der Waals surface area contributed by atoms with Gasteiger partial charge in [-0.15, -0.1) is 0 Å². The first kappa shape index (κ1) is 13.7. The van der Waals surface area contributed by atoms with Crippen LogP contribution in [-0.2, 0) is 19.4 Å². The molecule has 0 radical (unpaired) electrons. The summed E-state index contributed by atoms with van der Waals surface area (Å²) in [6.07, 6.45) is 0.191. The molecule has 2 saturated heterocycles. The Morgan fingerprint density at radius 3 is 2.78 bits per heavy atom. The van der Waals surface area contributed by atoms with Crippen LogP contribution in [0.4, 0.5) is 0 Å². The highest BCUT2D eigenvalue weighted by Crippen LogP contribution is 2.05. The molecule has 1 atom stereocenters. The standard InChI is InChI=1S/C10H19N3O4S/c14-10(12-13-2-4-17-5-3-13)7-9-8-18(15,16)6-1-11-9/h9,11H,1-8H2,(H,12,14). The van der Waals surface area contributed by atoms with Crippen LogP contribution < -0.4 is 10.7 Å². The highest BCUT2D eigenvalue weighted by atomic mass is 32.2. The number of amides is 1. The number of hydrogen-bond acceptors (Lipinski definition) is 6. The van der Waals surface area contributed by atoms with Crippen LogP contribution in [0.2, 0.25) is 0 Å². The number of morpholine rings is 1. The van der Waals surface area contributed by atoms with E-state index in [4.69, 9.17) is 4.74 Å². The third-order valence-corrected chi connectivity index (χ3v) is 4.76. The fourth-order valence-electron chi connectivity index (χ4n) is 2.12. The van der Waals surface area contributed by atoms with Crippen LogP contribution in [0.3, 0.4) is 0 Å². The third-order valence-electron chi connectivity index (χ3n) is 3.03. The molecule has 0 bridgehead atoms. The number of hydrogen-bond donors (Lipinski definition) is 2. The molecule has 2 heterocycles. The number of nitrogens with one attached hydrogen (secondary N) is 2. The Labute approximate surface area is 107 Å². The zero-order valence-electron chi connectivity index (χ0n) is 10.2. The van der Waals surface area contributed by atoms with E-state index < -0.39 is 9.84 Å². The first-order valence-electron chi connectivity index (χ1n) is 6.11. The van der Waals surface area contributed by atoms with Gasteiger partial charge in [-0.05, 0) is 0 Å². The van der Waals surface area contributed by atoms with Gasteiger partial charge in [-0.2, -0.15) is 0 Å². The molecule has 2 aliphatic heterocycles. The summed E-state index contributed by atoms with van der Waals surface area (Å²) < 4.78 is 28.0. The van der Waals surface area contributed by atoms with Crippen molar-refractivity contribution in [2.45, 2.75) is 12.5 Å². The molecule has 7 nitrogen and oxygen atoms in total. The fourth-order valence-corrected chi connectivity index (χ4v) is 3.56. The van der Waals surface area contributed by atoms with Gasteiger partial charge in [0.25, 0.3) is 0 Å². The maximum atomic E-state index is 11.8. The number of rotatable bonds is 3. The fraction of sp³-hybridized carbons (Fsp3) is 0.900. The average molecular weight is 277 g/mol. The van der Waals surface area contributed by atoms with Gasteiger partial charge in [-0.3, -0.25) is 10.2 Å². The molecule has 0 aromatic carbocycles. The molecule has 8 heteroatoms. The van der Waals surface area contributed by atoms with Crippen molar-refractivity contribution in [1.29, 1.82) is 0 Å². The summed E-state index contributed by atoms with van der Waals surface area (Å²) in [5, 5.41) is 4.87. The zero-order valence-corrected chi connectivity index (χ0v) is 11.0. The SMILES string of the molecule is O=C(CC1CS(=O)(=O)CCN1)NN1CCOCC1. The molecule has 0 saturated carbocycles. The molecular formula is C10H19N3O4S. The van der Waals surface area contributed by atoms with Crippen molar-refractivity contribution in [3.8, 4) is 0 Å². The summed E-state index contributed by atoms with van der Waals surface area (Å²) >= 11 is 0. The minimum absolute atomic E-state index is 0.0452. The molecule has 2 fully saturated rings. The second-order valence-corrected chi connectivity index (χ2v) is 6.83. The van der Waals surface area contributed by atoms with Crippen molar-refractivity contribution in [1.82, 2.24) is 15.8 Å². The Hall–Kier alpha value is -0.700. The number of ether oxygens (including phenoxy) is 1. The van der Waals surface area contributed by atoms with Gasteiger partial charge in [0.2, 0.25) is 5.91 Å². The summed E-state index contributed by atoms with van der Waals surface area (Å²) in [5.74, 6) is 0.0597. The van der Waals surface area contributed by atoms with Crippen molar-refractivity contribution < 1.29 is 17.9 Å². The molecule has 2 aliphatic rings. The van der Waals surface area contributed by atoms with Crippen LogP contribution in [0.5, 0.6) is 0 Å². The van der Waals surface area contributed by atoms with E-state index in [2.05, 4.69) is 10.7 Å². The van der Waals surface area contributed by atoms with Gasteiger partial charge in [0.05, 0.1) is 24.7 Å². The molecule has 2 N–H and O–H groups in total. The molecule has 0 spiro atoms. The molecule has 1 unspecified atom stereocenters. The number of nitrogens with zero attached hydrogens (tertiary/aromatic N) is 1. The largest absolute Gasteiger partial charge is 0.379 e. The molecule has 0 aromatic heterocycles. The lowest BCUT2D eigenvalue weighted by Crippen LogP contribution is -2.52. The second kappa shape index (κ2) is 5.96. The van der Waals surface area contributed by atoms with Crippen LogP contribution >= 0.6 is 0 Å². The predicted octanol–water partition coefficient (Wildman–Crippen LogP) is -1.87. The third kappa shape index (κ3) is 4.20. The smallest absolute Gasteiger partial charge is 0.235 e. The Bertz CT molecular complexity index is 392. The minimum Gasteiger partial charge on any atom is -0.379 e. The number of carbonyl (C=O) groups excluding carboxylic acids is 1. The summed E-state index contributed by atoms with van der Waals surface area (Å²) in [7, 11) is -2.99. The van der Waals surface area contributed by atoms with Gasteiger partial charge >= 0.3 is 0 Å². The van der Waals surface area contributed by atoms with E-state index in [0.29, 0.717) is 32.8 Å². The van der Waals surface area contributed by atoms with Gasteiger partial charge < -0.3 is 10.1 Å². The van der Waals surface area contributed by atoms with Gasteiger partial charge in [-0.1, -0.05) is 0 Å². The number of carbonyl (C=O) groups is 1. The topological polar surface area (TPSA) is 87.7 Å². The van der Waals surface area contributed by atoms with E-state index in [-0.39, 0.29) is 29.9 Å². The summed E-state index contributed by atoms with van der Waals surface area (Å²) in [4.78, 5) is 11.8. The molecular weight excluding hydrogens is 258 g/mol. The van der Waals surface area contributed by atoms with Crippen LogP contribution in [0.1, 0.15) is 6.42 Å². The average Bonchev–Trinajstić information content (AvgIpc) is 2.28. The highest BCUT2D eigenvalue weighted by Gasteiger charge is 2.26. The Morgan fingerprint density at radius 1 is 1.39 bits per heavy atom. The summed E-state index contributed by atoms with van der Waals surface area (Å²) in [6.45, 7) is 2.98. The second-order valence-electron chi connectivity index (χ2n) is 4.60. The van der Waals surface area contributed by atoms with Gasteiger partial charge in [0, 0.05) is 32.1 Å². The first-order valence-corrected chi connectivity index (χ1v) is 7.93. The lowest BCUT2D eigenvalue weighted by atomic mass is 10.2. The molecule has 1 amide bonds. The van der Waals surface area contributed by atoms with E-state index in [1.54, 1.807) is 0 Å². The molecule has 2 rings (SSSR count). The summed E-state index contributed by atoms with van der Waals surface area (Å²) in [5.41, 5.74) is 2.77. The molecule has 0 aromatic rings. The van der Waals surface area contributed by atoms with E-state index in [1.165, 1.54) is 0 Å². The normalized spacial score (nSPS) is 28.8. The Kier molecular flexibility index (Phi) is 4.55. The quantitative estimate of drug-likeness (QED) is 0.628. The first-order chi connectivity index (χ1) is 8.55. The highest BCUT2D eigenvalue weighted by molar-refractivity contribution is 7.91. The van der Waals surface area contributed by atoms with Crippen molar-refractivity contribution in [2.75, 3.05) is 44.4 Å².